The maximum absolute atomic E-state index is 11.5. The highest BCUT2D eigenvalue weighted by Gasteiger charge is 2.36. The summed E-state index contributed by atoms with van der Waals surface area (Å²) in [5.41, 5.74) is 0.184. The quantitative estimate of drug-likeness (QED) is 0.841. The highest BCUT2D eigenvalue weighted by atomic mass is 16.5. The normalized spacial score (nSPS) is 24.1. The number of hydrogen-bond acceptors (Lipinski definition) is 6. The number of rotatable bonds is 4. The Hall–Kier alpha value is -1.70. The van der Waals surface area contributed by atoms with E-state index in [1.54, 1.807) is 6.92 Å². The van der Waals surface area contributed by atoms with Crippen molar-refractivity contribution in [3.8, 4) is 0 Å². The Morgan fingerprint density at radius 3 is 2.84 bits per heavy atom. The molecule has 0 aliphatic carbocycles. The van der Waals surface area contributed by atoms with E-state index in [2.05, 4.69) is 15.2 Å². The maximum Gasteiger partial charge on any atom is 0.219 e. The number of carbonyl (C=O) groups is 1. The molecular formula is C18H28N4O3. The number of β-amino-alcohol motifs (C(OH)–C–C–N with tert-alkyl or cyclic N) is 1. The van der Waals surface area contributed by atoms with E-state index in [1.807, 2.05) is 30.1 Å². The number of carbonyl (C=O) groups excluding carboxylic acids is 1. The lowest BCUT2D eigenvalue weighted by Gasteiger charge is -2.42. The predicted octanol–water partition coefficient (Wildman–Crippen LogP) is 0.870. The van der Waals surface area contributed by atoms with E-state index in [0.717, 1.165) is 24.6 Å². The molecule has 0 spiro atoms. The molecule has 2 saturated heterocycles. The number of ether oxygens (including phenoxy) is 1. The van der Waals surface area contributed by atoms with E-state index in [4.69, 9.17) is 4.74 Å². The van der Waals surface area contributed by atoms with E-state index >= 15 is 0 Å². The second kappa shape index (κ2) is 7.68. The molecule has 0 radical (unpaired) electrons. The van der Waals surface area contributed by atoms with Crippen LogP contribution < -0.4 is 5.32 Å². The number of aliphatic hydroxyl groups is 1. The number of anilines is 1. The molecule has 1 aromatic rings. The van der Waals surface area contributed by atoms with Crippen molar-refractivity contribution < 1.29 is 14.6 Å². The number of likely N-dealkylation sites (tertiary alicyclic amines) is 1. The molecule has 138 valence electrons. The first-order valence-electron chi connectivity index (χ1n) is 8.96. The molecule has 2 N–H and O–H groups in total. The summed E-state index contributed by atoms with van der Waals surface area (Å²) in [6, 6.07) is 5.88. The first-order chi connectivity index (χ1) is 12.0. The van der Waals surface area contributed by atoms with E-state index in [0.29, 0.717) is 39.1 Å². The predicted molar refractivity (Wildman–Crippen MR) is 95.4 cm³/mol. The highest BCUT2D eigenvalue weighted by Crippen LogP contribution is 2.27. The van der Waals surface area contributed by atoms with Crippen LogP contribution in [0.3, 0.4) is 0 Å². The van der Waals surface area contributed by atoms with Crippen molar-refractivity contribution in [1.82, 2.24) is 14.8 Å². The number of nitrogens with zero attached hydrogens (tertiary/aromatic N) is 3. The summed E-state index contributed by atoms with van der Waals surface area (Å²) in [7, 11) is 1.85. The van der Waals surface area contributed by atoms with Gasteiger partial charge in [0.1, 0.15) is 11.9 Å². The number of piperidine rings is 1. The monoisotopic (exact) mass is 348 g/mol. The summed E-state index contributed by atoms with van der Waals surface area (Å²) in [6.07, 6.45) is 1.17. The number of aromatic nitrogens is 1. The van der Waals surface area contributed by atoms with Crippen molar-refractivity contribution in [3.63, 3.8) is 0 Å². The zero-order valence-electron chi connectivity index (χ0n) is 15.1. The van der Waals surface area contributed by atoms with Crippen LogP contribution in [0, 0.1) is 0 Å². The second-order valence-corrected chi connectivity index (χ2v) is 7.02. The van der Waals surface area contributed by atoms with Crippen molar-refractivity contribution in [2.75, 3.05) is 51.7 Å². The van der Waals surface area contributed by atoms with Gasteiger partial charge in [-0.2, -0.15) is 0 Å². The fraction of sp³-hybridized carbons (Fsp3) is 0.667. The van der Waals surface area contributed by atoms with Crippen LogP contribution in [0.25, 0.3) is 0 Å². The first-order valence-corrected chi connectivity index (χ1v) is 8.96. The molecule has 1 amide bonds. The minimum absolute atomic E-state index is 0.0806. The Bertz CT molecular complexity index is 602. The summed E-state index contributed by atoms with van der Waals surface area (Å²) >= 11 is 0. The molecule has 7 nitrogen and oxygen atoms in total. The zero-order chi connectivity index (χ0) is 17.9. The van der Waals surface area contributed by atoms with E-state index in [1.165, 1.54) is 0 Å². The van der Waals surface area contributed by atoms with Gasteiger partial charge in [0.2, 0.25) is 5.91 Å². The molecule has 3 heterocycles. The summed E-state index contributed by atoms with van der Waals surface area (Å²) in [5.74, 6) is 0.914. The van der Waals surface area contributed by atoms with E-state index in [-0.39, 0.29) is 12.0 Å². The average molecular weight is 348 g/mol. The molecule has 2 aliphatic heterocycles. The number of pyridine rings is 1. The van der Waals surface area contributed by atoms with Gasteiger partial charge in [0.05, 0.1) is 17.9 Å². The van der Waals surface area contributed by atoms with Crippen LogP contribution in [0.5, 0.6) is 0 Å². The van der Waals surface area contributed by atoms with Crippen LogP contribution in [0.1, 0.15) is 31.6 Å². The largest absolute Gasteiger partial charge is 0.388 e. The molecule has 1 atom stereocenters. The summed E-state index contributed by atoms with van der Waals surface area (Å²) < 4.78 is 5.90. The third-order valence-corrected chi connectivity index (χ3v) is 5.16. The number of nitrogens with one attached hydrogen (secondary N) is 1. The van der Waals surface area contributed by atoms with Crippen LogP contribution in [0.4, 0.5) is 5.82 Å². The Kier molecular flexibility index (Phi) is 5.56. The third-order valence-electron chi connectivity index (χ3n) is 5.16. The van der Waals surface area contributed by atoms with Crippen LogP contribution in [0.2, 0.25) is 0 Å². The molecule has 3 rings (SSSR count). The summed E-state index contributed by atoms with van der Waals surface area (Å²) in [5, 5.41) is 14.0. The molecule has 25 heavy (non-hydrogen) atoms. The topological polar surface area (TPSA) is 77.9 Å². The maximum atomic E-state index is 11.5. The summed E-state index contributed by atoms with van der Waals surface area (Å²) in [6.45, 7) is 5.62. The van der Waals surface area contributed by atoms with Gasteiger partial charge in [0, 0.05) is 46.7 Å². The van der Waals surface area contributed by atoms with Gasteiger partial charge in [-0.1, -0.05) is 6.07 Å². The molecule has 0 saturated carbocycles. The standard InChI is InChI=1S/C18H28N4O3/c1-14(23)22-8-6-18(24,7-9-22)13-21-10-11-25-16(12-21)15-4-3-5-17(19-2)20-15/h3-5,16,24H,6-13H2,1-2H3,(H,19,20)/t16-/m0/s1. The number of hydrogen-bond donors (Lipinski definition) is 2. The van der Waals surface area contributed by atoms with Crippen LogP contribution in [-0.4, -0.2) is 77.8 Å². The van der Waals surface area contributed by atoms with Crippen molar-refractivity contribution in [1.29, 1.82) is 0 Å². The van der Waals surface area contributed by atoms with E-state index in [9.17, 15) is 9.90 Å². The first kappa shape index (κ1) is 18.1. The molecular weight excluding hydrogens is 320 g/mol. The van der Waals surface area contributed by atoms with Gasteiger partial charge in [0.25, 0.3) is 0 Å². The van der Waals surface area contributed by atoms with Crippen molar-refractivity contribution >= 4 is 11.7 Å². The lowest BCUT2D eigenvalue weighted by molar-refractivity contribution is -0.134. The van der Waals surface area contributed by atoms with Crippen molar-refractivity contribution in [3.05, 3.63) is 23.9 Å². The van der Waals surface area contributed by atoms with E-state index < -0.39 is 5.60 Å². The lowest BCUT2D eigenvalue weighted by Crippen LogP contribution is -2.53. The SMILES string of the molecule is CNc1cccc([C@@H]2CN(CC3(O)CCN(C(C)=O)CC3)CCO2)n1. The Balaban J connectivity index is 1.59. The zero-order valence-corrected chi connectivity index (χ0v) is 15.1. The second-order valence-electron chi connectivity index (χ2n) is 7.02. The molecule has 1 aromatic heterocycles. The van der Waals surface area contributed by atoms with Gasteiger partial charge in [-0.15, -0.1) is 0 Å². The smallest absolute Gasteiger partial charge is 0.219 e. The fourth-order valence-electron chi connectivity index (χ4n) is 3.61. The molecule has 2 fully saturated rings. The Morgan fingerprint density at radius 2 is 2.16 bits per heavy atom. The Labute approximate surface area is 149 Å². The molecule has 0 aromatic carbocycles. The van der Waals surface area contributed by atoms with Gasteiger partial charge in [0.15, 0.2) is 0 Å². The fourth-order valence-corrected chi connectivity index (χ4v) is 3.61. The summed E-state index contributed by atoms with van der Waals surface area (Å²) in [4.78, 5) is 20.1. The minimum atomic E-state index is -0.728. The number of morpholine rings is 1. The minimum Gasteiger partial charge on any atom is -0.388 e. The van der Waals surface area contributed by atoms with Crippen molar-refractivity contribution in [2.45, 2.75) is 31.5 Å². The third kappa shape index (κ3) is 4.48. The molecule has 0 bridgehead atoms. The van der Waals surface area contributed by atoms with Gasteiger partial charge < -0.3 is 20.1 Å². The van der Waals surface area contributed by atoms with Crippen LogP contribution in [0.15, 0.2) is 18.2 Å². The molecule has 7 heteroatoms. The van der Waals surface area contributed by atoms with Gasteiger partial charge >= 0.3 is 0 Å². The van der Waals surface area contributed by atoms with Gasteiger partial charge in [-0.25, -0.2) is 4.98 Å². The molecule has 0 unspecified atom stereocenters. The average Bonchev–Trinajstić information content (AvgIpc) is 2.62. The number of amides is 1. The lowest BCUT2D eigenvalue weighted by atomic mass is 9.90. The van der Waals surface area contributed by atoms with Crippen LogP contribution in [-0.2, 0) is 9.53 Å². The van der Waals surface area contributed by atoms with Crippen LogP contribution >= 0.6 is 0 Å². The van der Waals surface area contributed by atoms with Crippen molar-refractivity contribution in [2.24, 2.45) is 0 Å². The van der Waals surface area contributed by atoms with Gasteiger partial charge in [-0.05, 0) is 25.0 Å². The highest BCUT2D eigenvalue weighted by molar-refractivity contribution is 5.73. The van der Waals surface area contributed by atoms with Gasteiger partial charge in [-0.3, -0.25) is 9.69 Å². The molecule has 2 aliphatic rings. The Morgan fingerprint density at radius 1 is 1.40 bits per heavy atom.